The van der Waals surface area contributed by atoms with E-state index < -0.39 is 6.10 Å². The van der Waals surface area contributed by atoms with Crippen LogP contribution in [0, 0.1) is 0 Å². The first kappa shape index (κ1) is 10.9. The highest BCUT2D eigenvalue weighted by Crippen LogP contribution is 2.04. The van der Waals surface area contributed by atoms with Crippen LogP contribution in [0.25, 0.3) is 0 Å². The summed E-state index contributed by atoms with van der Waals surface area (Å²) in [7, 11) is 0. The average molecular weight is 214 g/mol. The van der Waals surface area contributed by atoms with E-state index in [-0.39, 0.29) is 11.9 Å². The summed E-state index contributed by atoms with van der Waals surface area (Å²) in [6, 6.07) is 0.247. The smallest absolute Gasteiger partial charge is 0.251 e. The highest BCUT2D eigenvalue weighted by atomic mass is 16.6. The zero-order chi connectivity index (χ0) is 10.5. The summed E-state index contributed by atoms with van der Waals surface area (Å²) in [6.07, 6.45) is 1.75. The van der Waals surface area contributed by atoms with Gasteiger partial charge in [0.2, 0.25) is 0 Å². The third kappa shape index (κ3) is 3.15. The lowest BCUT2D eigenvalue weighted by Crippen LogP contribution is -2.51. The van der Waals surface area contributed by atoms with Gasteiger partial charge in [0.15, 0.2) is 6.10 Å². The molecule has 0 spiro atoms. The van der Waals surface area contributed by atoms with E-state index in [1.54, 1.807) is 0 Å². The first-order valence-electron chi connectivity index (χ1n) is 5.57. The minimum absolute atomic E-state index is 0.0385. The predicted molar refractivity (Wildman–Crippen MR) is 54.6 cm³/mol. The molecule has 0 aliphatic carbocycles. The number of nitrogens with one attached hydrogen (secondary N) is 2. The summed E-state index contributed by atoms with van der Waals surface area (Å²) in [5.41, 5.74) is 0. The molecule has 1 amide bonds. The van der Waals surface area contributed by atoms with E-state index in [0.29, 0.717) is 19.8 Å². The number of hydrogen-bond acceptors (Lipinski definition) is 4. The number of rotatable bonds is 2. The van der Waals surface area contributed by atoms with E-state index in [9.17, 15) is 4.79 Å². The molecule has 0 saturated carbocycles. The fourth-order valence-corrected chi connectivity index (χ4v) is 1.91. The Hall–Kier alpha value is -0.650. The van der Waals surface area contributed by atoms with Crippen molar-refractivity contribution < 1.29 is 14.3 Å². The van der Waals surface area contributed by atoms with Crippen molar-refractivity contribution in [2.75, 3.05) is 32.9 Å². The number of hydrogen-bond donors (Lipinski definition) is 2. The van der Waals surface area contributed by atoms with Gasteiger partial charge in [-0.2, -0.15) is 0 Å². The lowest BCUT2D eigenvalue weighted by Gasteiger charge is -2.27. The number of carbonyl (C=O) groups is 1. The summed E-state index contributed by atoms with van der Waals surface area (Å²) < 4.78 is 10.5. The summed E-state index contributed by atoms with van der Waals surface area (Å²) in [5.74, 6) is -0.0385. The molecule has 2 N–H and O–H groups in total. The van der Waals surface area contributed by atoms with Gasteiger partial charge in [-0.25, -0.2) is 0 Å². The van der Waals surface area contributed by atoms with Crippen molar-refractivity contribution in [1.82, 2.24) is 10.6 Å². The van der Waals surface area contributed by atoms with Gasteiger partial charge >= 0.3 is 0 Å². The predicted octanol–water partition coefficient (Wildman–Crippen LogP) is -0.730. The molecule has 0 radical (unpaired) electrons. The van der Waals surface area contributed by atoms with Crippen molar-refractivity contribution in [3.05, 3.63) is 0 Å². The van der Waals surface area contributed by atoms with E-state index in [0.717, 1.165) is 25.9 Å². The molecule has 0 aromatic rings. The van der Waals surface area contributed by atoms with Crippen LogP contribution in [0.5, 0.6) is 0 Å². The van der Waals surface area contributed by atoms with Crippen molar-refractivity contribution in [2.24, 2.45) is 0 Å². The Morgan fingerprint density at radius 2 is 2.33 bits per heavy atom. The van der Waals surface area contributed by atoms with Crippen LogP contribution < -0.4 is 10.6 Å². The van der Waals surface area contributed by atoms with Crippen LogP contribution in [-0.2, 0) is 14.3 Å². The Labute approximate surface area is 89.5 Å². The molecule has 2 rings (SSSR count). The van der Waals surface area contributed by atoms with Gasteiger partial charge in [-0.1, -0.05) is 0 Å². The summed E-state index contributed by atoms with van der Waals surface area (Å²) >= 11 is 0. The van der Waals surface area contributed by atoms with Gasteiger partial charge in [0.25, 0.3) is 5.91 Å². The molecule has 2 unspecified atom stereocenters. The zero-order valence-electron chi connectivity index (χ0n) is 8.83. The van der Waals surface area contributed by atoms with Gasteiger partial charge < -0.3 is 20.1 Å². The van der Waals surface area contributed by atoms with Gasteiger partial charge in [0.1, 0.15) is 0 Å². The Balaban J connectivity index is 1.74. The maximum atomic E-state index is 11.7. The molecule has 2 atom stereocenters. The van der Waals surface area contributed by atoms with Gasteiger partial charge in [0.05, 0.1) is 19.8 Å². The second-order valence-corrected chi connectivity index (χ2v) is 3.99. The Morgan fingerprint density at radius 3 is 3.00 bits per heavy atom. The first-order valence-corrected chi connectivity index (χ1v) is 5.57. The zero-order valence-corrected chi connectivity index (χ0v) is 8.83. The van der Waals surface area contributed by atoms with Crippen LogP contribution in [0.1, 0.15) is 12.8 Å². The lowest BCUT2D eigenvalue weighted by atomic mass is 10.1. The van der Waals surface area contributed by atoms with Crippen LogP contribution in [0.4, 0.5) is 0 Å². The fourth-order valence-electron chi connectivity index (χ4n) is 1.91. The van der Waals surface area contributed by atoms with Crippen LogP contribution in [0.15, 0.2) is 0 Å². The maximum Gasteiger partial charge on any atom is 0.251 e. The molecule has 5 heteroatoms. The third-order valence-electron chi connectivity index (χ3n) is 2.75. The normalized spacial score (nSPS) is 32.3. The van der Waals surface area contributed by atoms with Gasteiger partial charge in [-0.3, -0.25) is 4.79 Å². The highest BCUT2D eigenvalue weighted by Gasteiger charge is 2.25. The SMILES string of the molecule is O=C(NC1CCCNC1)C1COCCO1. The number of piperidine rings is 1. The van der Waals surface area contributed by atoms with Gasteiger partial charge in [0, 0.05) is 12.6 Å². The quantitative estimate of drug-likeness (QED) is 0.636. The van der Waals surface area contributed by atoms with Gasteiger partial charge in [-0.05, 0) is 19.4 Å². The molecule has 2 fully saturated rings. The molecular weight excluding hydrogens is 196 g/mol. The number of amides is 1. The fraction of sp³-hybridized carbons (Fsp3) is 0.900. The monoisotopic (exact) mass is 214 g/mol. The molecule has 5 nitrogen and oxygen atoms in total. The average Bonchev–Trinajstić information content (AvgIpc) is 2.31. The van der Waals surface area contributed by atoms with E-state index >= 15 is 0 Å². The molecule has 2 saturated heterocycles. The van der Waals surface area contributed by atoms with Crippen LogP contribution >= 0.6 is 0 Å². The van der Waals surface area contributed by atoms with Crippen LogP contribution in [0.2, 0.25) is 0 Å². The van der Waals surface area contributed by atoms with Crippen molar-refractivity contribution in [2.45, 2.75) is 25.0 Å². The highest BCUT2D eigenvalue weighted by molar-refractivity contribution is 5.81. The van der Waals surface area contributed by atoms with Crippen LogP contribution in [0.3, 0.4) is 0 Å². The van der Waals surface area contributed by atoms with E-state index in [2.05, 4.69) is 10.6 Å². The molecule has 86 valence electrons. The number of carbonyl (C=O) groups excluding carboxylic acids is 1. The molecule has 2 aliphatic rings. The molecule has 0 bridgehead atoms. The minimum atomic E-state index is -0.416. The Bertz CT molecular complexity index is 211. The molecule has 0 aromatic heterocycles. The summed E-state index contributed by atoms with van der Waals surface area (Å²) in [5, 5.41) is 6.24. The van der Waals surface area contributed by atoms with Crippen molar-refractivity contribution in [3.63, 3.8) is 0 Å². The second-order valence-electron chi connectivity index (χ2n) is 3.99. The minimum Gasteiger partial charge on any atom is -0.376 e. The first-order chi connectivity index (χ1) is 7.36. The molecule has 0 aromatic carbocycles. The Morgan fingerprint density at radius 1 is 1.40 bits per heavy atom. The van der Waals surface area contributed by atoms with E-state index in [4.69, 9.17) is 9.47 Å². The molecule has 2 aliphatic heterocycles. The molecule has 2 heterocycles. The van der Waals surface area contributed by atoms with Gasteiger partial charge in [-0.15, -0.1) is 0 Å². The van der Waals surface area contributed by atoms with E-state index in [1.165, 1.54) is 0 Å². The summed E-state index contributed by atoms with van der Waals surface area (Å²) in [6.45, 7) is 3.40. The topological polar surface area (TPSA) is 59.6 Å². The largest absolute Gasteiger partial charge is 0.376 e. The molecule has 15 heavy (non-hydrogen) atoms. The summed E-state index contributed by atoms with van der Waals surface area (Å²) in [4.78, 5) is 11.7. The van der Waals surface area contributed by atoms with Crippen LogP contribution in [-0.4, -0.2) is 51.0 Å². The van der Waals surface area contributed by atoms with Crippen molar-refractivity contribution in [3.8, 4) is 0 Å². The van der Waals surface area contributed by atoms with Crippen molar-refractivity contribution in [1.29, 1.82) is 0 Å². The lowest BCUT2D eigenvalue weighted by molar-refractivity contribution is -0.148. The third-order valence-corrected chi connectivity index (χ3v) is 2.75. The van der Waals surface area contributed by atoms with E-state index in [1.807, 2.05) is 0 Å². The number of ether oxygens (including phenoxy) is 2. The van der Waals surface area contributed by atoms with Crippen molar-refractivity contribution >= 4 is 5.91 Å². The maximum absolute atomic E-state index is 11.7. The standard InChI is InChI=1S/C10H18N2O3/c13-10(9-7-14-4-5-15-9)12-8-2-1-3-11-6-8/h8-9,11H,1-7H2,(H,12,13). The molecular formula is C10H18N2O3. The Kier molecular flexibility index (Phi) is 3.94. The second kappa shape index (κ2) is 5.44.